The number of hydrogen-bond donors (Lipinski definition) is 5. The first-order valence-electron chi connectivity index (χ1n) is 24.5. The summed E-state index contributed by atoms with van der Waals surface area (Å²) in [6.45, 7) is 17.6. The Morgan fingerprint density at radius 2 is 1.57 bits per heavy atom. The summed E-state index contributed by atoms with van der Waals surface area (Å²) in [6, 6.07) is -1.09. The molecule has 2 saturated heterocycles. The van der Waals surface area contributed by atoms with Crippen LogP contribution >= 0.6 is 0 Å². The topological polar surface area (TPSA) is 193 Å². The van der Waals surface area contributed by atoms with Crippen LogP contribution in [0.5, 0.6) is 0 Å². The van der Waals surface area contributed by atoms with Gasteiger partial charge in [0, 0.05) is 39.0 Å². The molecular weight excluding hydrogens is 831 g/mol. The van der Waals surface area contributed by atoms with E-state index in [4.69, 9.17) is 18.9 Å². The number of esters is 1. The summed E-state index contributed by atoms with van der Waals surface area (Å²) >= 11 is 0. The standard InChI is InChI=1S/C52H85NO12/c1-31-17-13-12-14-18-36(6)51(8,9)30-39-22-20-37(7)52(61,65-39)48(58)49(59)53-24-16-15-19-40(53)50(60)64-43(33(3)27-38-21-23-41(54)44(28-38)62-10)29-42(55)32(2)26-35(5)46(57)47(63-11)45(56)34(4)25-31/h12-14,17-18,26,31-34,37-47,54-57,61H,15-16,19-25,27-30H2,1-11H3/b14-12+,17-13+,35-26+,36-18+/t31-,32-,33-,34-,37-,38+,39+,40+,41-,42+,43+,44-,45+,46-,47+,52-/m1/s1. The van der Waals surface area contributed by atoms with Gasteiger partial charge in [0.1, 0.15) is 24.4 Å². The maximum Gasteiger partial charge on any atom is 0.329 e. The van der Waals surface area contributed by atoms with Gasteiger partial charge in [-0.3, -0.25) is 9.59 Å². The van der Waals surface area contributed by atoms with E-state index in [0.717, 1.165) is 12.0 Å². The number of fused-ring (bicyclic) bond motifs is 3. The molecule has 13 nitrogen and oxygen atoms in total. The molecule has 16 atom stereocenters. The second-order valence-corrected chi connectivity index (χ2v) is 21.1. The van der Waals surface area contributed by atoms with E-state index in [1.807, 2.05) is 52.0 Å². The van der Waals surface area contributed by atoms with E-state index in [0.29, 0.717) is 63.4 Å². The predicted octanol–water partition coefficient (Wildman–Crippen LogP) is 6.78. The van der Waals surface area contributed by atoms with Crippen molar-refractivity contribution < 1.29 is 58.9 Å². The average molecular weight is 916 g/mol. The molecule has 1 amide bonds. The van der Waals surface area contributed by atoms with Crippen molar-refractivity contribution in [1.82, 2.24) is 4.90 Å². The highest BCUT2D eigenvalue weighted by Gasteiger charge is 2.53. The molecule has 0 spiro atoms. The summed E-state index contributed by atoms with van der Waals surface area (Å²) in [5, 5.41) is 57.3. The predicted molar refractivity (Wildman–Crippen MR) is 250 cm³/mol. The van der Waals surface area contributed by atoms with Gasteiger partial charge in [0.05, 0.1) is 30.5 Å². The number of ether oxygens (including phenoxy) is 4. The summed E-state index contributed by atoms with van der Waals surface area (Å²) in [6.07, 6.45) is 11.8. The van der Waals surface area contributed by atoms with Crippen LogP contribution in [0.25, 0.3) is 0 Å². The van der Waals surface area contributed by atoms with Gasteiger partial charge in [-0.05, 0) is 119 Å². The number of methoxy groups -OCH3 is 2. The molecule has 0 aromatic carbocycles. The zero-order valence-electron chi connectivity index (χ0n) is 41.4. The van der Waals surface area contributed by atoms with E-state index in [1.165, 1.54) is 12.0 Å². The van der Waals surface area contributed by atoms with Crippen LogP contribution < -0.4 is 0 Å². The SMILES string of the molecule is CO[C@H]1[C@@H](O)[C@H](C)C[C@H](C)/C=C/C=C/C=C(\C)C(C)(C)C[C@@H]2CC[C@@H](C)[C@@](O)(O2)C(=O)C(=O)N2CCCC[C@H]2C(=O)O[C@H]([C@H](C)C[C@@H]2CC[C@@H](O)[C@H](OC)C2)C[C@H](O)[C@H](C)/C=C(\C)[C@H]1O. The van der Waals surface area contributed by atoms with E-state index in [9.17, 15) is 39.9 Å². The number of rotatable bonds is 5. The number of piperidine rings is 1. The first-order chi connectivity index (χ1) is 30.5. The number of amides is 1. The molecule has 5 N–H and O–H groups in total. The molecule has 13 heteroatoms. The third-order valence-corrected chi connectivity index (χ3v) is 15.4. The first-order valence-corrected chi connectivity index (χ1v) is 24.5. The zero-order valence-corrected chi connectivity index (χ0v) is 41.4. The minimum absolute atomic E-state index is 0.0437. The van der Waals surface area contributed by atoms with Gasteiger partial charge in [-0.1, -0.05) is 90.5 Å². The molecule has 0 aromatic rings. The third-order valence-electron chi connectivity index (χ3n) is 15.4. The molecule has 3 heterocycles. The van der Waals surface area contributed by atoms with Gasteiger partial charge in [-0.15, -0.1) is 0 Å². The highest BCUT2D eigenvalue weighted by molar-refractivity contribution is 6.39. The molecular formula is C52H85NO12. The largest absolute Gasteiger partial charge is 0.460 e. The molecule has 370 valence electrons. The van der Waals surface area contributed by atoms with E-state index in [-0.39, 0.29) is 54.6 Å². The second-order valence-electron chi connectivity index (χ2n) is 21.1. The molecule has 2 bridgehead atoms. The van der Waals surface area contributed by atoms with Crippen molar-refractivity contribution in [3.8, 4) is 0 Å². The van der Waals surface area contributed by atoms with E-state index < -0.39 is 84.1 Å². The van der Waals surface area contributed by atoms with Gasteiger partial charge in [0.15, 0.2) is 0 Å². The molecule has 0 unspecified atom stereocenters. The maximum atomic E-state index is 14.4. The smallest absolute Gasteiger partial charge is 0.329 e. The summed E-state index contributed by atoms with van der Waals surface area (Å²) in [5.74, 6) is -6.50. The van der Waals surface area contributed by atoms with Gasteiger partial charge < -0.3 is 49.4 Å². The molecule has 4 rings (SSSR count). The molecule has 0 aromatic heterocycles. The van der Waals surface area contributed by atoms with Gasteiger partial charge in [0.25, 0.3) is 11.7 Å². The van der Waals surface area contributed by atoms with Crippen LogP contribution in [0.3, 0.4) is 0 Å². The Morgan fingerprint density at radius 3 is 2.25 bits per heavy atom. The molecule has 1 aliphatic carbocycles. The number of nitrogens with zero attached hydrogens (tertiary/aromatic N) is 1. The minimum atomic E-state index is -2.37. The number of allylic oxidation sites excluding steroid dienone is 6. The minimum Gasteiger partial charge on any atom is -0.460 e. The fourth-order valence-electron chi connectivity index (χ4n) is 10.5. The van der Waals surface area contributed by atoms with Crippen molar-refractivity contribution in [2.24, 2.45) is 40.9 Å². The summed E-state index contributed by atoms with van der Waals surface area (Å²) in [7, 11) is 3.05. The van der Waals surface area contributed by atoms with Gasteiger partial charge in [0.2, 0.25) is 5.79 Å². The van der Waals surface area contributed by atoms with Crippen LogP contribution in [-0.2, 0) is 33.3 Å². The lowest BCUT2D eigenvalue weighted by Crippen LogP contribution is -2.61. The highest BCUT2D eigenvalue weighted by atomic mass is 16.6. The number of aliphatic hydroxyl groups excluding tert-OH is 4. The van der Waals surface area contributed by atoms with Gasteiger partial charge in [-0.2, -0.15) is 0 Å². The van der Waals surface area contributed by atoms with Crippen LogP contribution in [0.2, 0.25) is 0 Å². The molecule has 0 radical (unpaired) electrons. The van der Waals surface area contributed by atoms with E-state index >= 15 is 0 Å². The third kappa shape index (κ3) is 14.4. The van der Waals surface area contributed by atoms with Crippen molar-refractivity contribution in [3.63, 3.8) is 0 Å². The van der Waals surface area contributed by atoms with E-state index in [1.54, 1.807) is 27.0 Å². The highest BCUT2D eigenvalue weighted by Crippen LogP contribution is 2.41. The van der Waals surface area contributed by atoms with Crippen LogP contribution in [0, 0.1) is 40.9 Å². The Hall–Kier alpha value is -2.75. The Labute approximate surface area is 389 Å². The Bertz CT molecular complexity index is 1690. The number of Topliss-reactive ketones (excluding diaryl/α,β-unsaturated/α-hetero) is 1. The molecule has 1 saturated carbocycles. The van der Waals surface area contributed by atoms with Crippen LogP contribution in [0.15, 0.2) is 47.6 Å². The molecule has 3 aliphatic heterocycles. The lowest BCUT2D eigenvalue weighted by molar-refractivity contribution is -0.266. The Morgan fingerprint density at radius 1 is 0.862 bits per heavy atom. The van der Waals surface area contributed by atoms with Gasteiger partial charge >= 0.3 is 5.97 Å². The average Bonchev–Trinajstić information content (AvgIpc) is 3.26. The Balaban J connectivity index is 1.70. The van der Waals surface area contributed by atoms with E-state index in [2.05, 4.69) is 26.8 Å². The number of aliphatic hydroxyl groups is 5. The molecule has 3 fully saturated rings. The zero-order chi connectivity index (χ0) is 48.4. The number of carbonyl (C=O) groups is 3. The summed E-state index contributed by atoms with van der Waals surface area (Å²) in [4.78, 5) is 44.2. The number of ketones is 1. The lowest BCUT2D eigenvalue weighted by Gasteiger charge is -2.44. The van der Waals surface area contributed by atoms with Crippen LogP contribution in [-0.4, -0.2) is 130 Å². The molecule has 4 aliphatic rings. The quantitative estimate of drug-likeness (QED) is 0.111. The van der Waals surface area contributed by atoms with Crippen molar-refractivity contribution in [2.45, 2.75) is 200 Å². The second kappa shape index (κ2) is 24.5. The van der Waals surface area contributed by atoms with Crippen LogP contribution in [0.1, 0.15) is 139 Å². The van der Waals surface area contributed by atoms with Crippen LogP contribution in [0.4, 0.5) is 0 Å². The summed E-state index contributed by atoms with van der Waals surface area (Å²) in [5.41, 5.74) is 1.20. The maximum absolute atomic E-state index is 14.4. The number of cyclic esters (lactones) is 1. The van der Waals surface area contributed by atoms with Crippen molar-refractivity contribution >= 4 is 17.7 Å². The lowest BCUT2D eigenvalue weighted by atomic mass is 9.76. The molecule has 65 heavy (non-hydrogen) atoms. The van der Waals surface area contributed by atoms with Crippen molar-refractivity contribution in [3.05, 3.63) is 47.6 Å². The Kier molecular flexibility index (Phi) is 20.7. The fourth-order valence-corrected chi connectivity index (χ4v) is 10.5. The van der Waals surface area contributed by atoms with Gasteiger partial charge in [-0.25, -0.2) is 4.79 Å². The number of hydrogen-bond acceptors (Lipinski definition) is 12. The number of carbonyl (C=O) groups excluding carboxylic acids is 3. The summed E-state index contributed by atoms with van der Waals surface area (Å²) < 4.78 is 23.9. The first kappa shape index (κ1) is 54.9. The monoisotopic (exact) mass is 916 g/mol. The normalized spacial score (nSPS) is 42.3. The fraction of sp³-hybridized carbons (Fsp3) is 0.788. The van der Waals surface area contributed by atoms with Crippen molar-refractivity contribution in [1.29, 1.82) is 0 Å². The van der Waals surface area contributed by atoms with Crippen molar-refractivity contribution in [2.75, 3.05) is 20.8 Å².